The summed E-state index contributed by atoms with van der Waals surface area (Å²) in [5.74, 6) is -0.157. The van der Waals surface area contributed by atoms with E-state index in [1.807, 2.05) is 54.6 Å². The molecule has 1 spiro atoms. The number of fused-ring (bicyclic) bond motifs is 2. The minimum absolute atomic E-state index is 0.157. The highest BCUT2D eigenvalue weighted by Gasteiger charge is 2.58. The van der Waals surface area contributed by atoms with Crippen molar-refractivity contribution in [1.82, 2.24) is 0 Å². The van der Waals surface area contributed by atoms with Gasteiger partial charge in [0.25, 0.3) is 5.91 Å². The topological polar surface area (TPSA) is 65.4 Å². The van der Waals surface area contributed by atoms with Gasteiger partial charge >= 0.3 is 0 Å². The van der Waals surface area contributed by atoms with Crippen molar-refractivity contribution in [3.05, 3.63) is 60.2 Å². The van der Waals surface area contributed by atoms with E-state index >= 15 is 0 Å². The highest BCUT2D eigenvalue weighted by Crippen LogP contribution is 2.49. The number of nitrogens with zero attached hydrogens (tertiary/aromatic N) is 2. The Morgan fingerprint density at radius 2 is 1.91 bits per heavy atom. The number of anilines is 2. The van der Waals surface area contributed by atoms with E-state index in [0.717, 1.165) is 16.9 Å². The average Bonchev–Trinajstić information content (AvgIpc) is 3.09. The molecule has 1 fully saturated rings. The summed E-state index contributed by atoms with van der Waals surface area (Å²) < 4.78 is 0. The third-order valence-electron chi connectivity index (χ3n) is 4.19. The molecule has 4 rings (SSSR count). The second-order valence-electron chi connectivity index (χ2n) is 5.42. The molecular formula is C17H13N3O2. The summed E-state index contributed by atoms with van der Waals surface area (Å²) >= 11 is 0. The quantitative estimate of drug-likeness (QED) is 0.877. The number of rotatable bonds is 1. The molecule has 2 unspecified atom stereocenters. The summed E-state index contributed by atoms with van der Waals surface area (Å²) in [5, 5.41) is 13.8. The number of amides is 1. The zero-order valence-corrected chi connectivity index (χ0v) is 11.7. The van der Waals surface area contributed by atoms with Crippen LogP contribution in [-0.4, -0.2) is 12.0 Å². The molecule has 1 amide bonds. The van der Waals surface area contributed by atoms with Crippen LogP contribution >= 0.6 is 0 Å². The lowest BCUT2D eigenvalue weighted by Gasteiger charge is -2.32. The molecule has 5 nitrogen and oxygen atoms in total. The number of carbonyl (C=O) groups excluding carboxylic acids is 1. The predicted octanol–water partition coefficient (Wildman–Crippen LogP) is 2.57. The smallest absolute Gasteiger partial charge is 0.257 e. The Hall–Kier alpha value is -2.84. The lowest BCUT2D eigenvalue weighted by molar-refractivity contribution is -0.121. The fourth-order valence-electron chi connectivity index (χ4n) is 3.22. The lowest BCUT2D eigenvalue weighted by Crippen LogP contribution is -2.46. The molecule has 0 aromatic heterocycles. The van der Waals surface area contributed by atoms with Crippen molar-refractivity contribution >= 4 is 17.3 Å². The molecule has 0 aliphatic carbocycles. The Balaban J connectivity index is 1.91. The second kappa shape index (κ2) is 4.58. The van der Waals surface area contributed by atoms with Crippen LogP contribution in [-0.2, 0) is 15.2 Å². The molecule has 1 saturated heterocycles. The van der Waals surface area contributed by atoms with Crippen molar-refractivity contribution in [2.24, 2.45) is 0 Å². The Bertz CT molecular complexity index is 784. The fourth-order valence-corrected chi connectivity index (χ4v) is 3.22. The van der Waals surface area contributed by atoms with Crippen LogP contribution in [0.3, 0.4) is 0 Å². The number of nitrogens with one attached hydrogen (secondary N) is 1. The van der Waals surface area contributed by atoms with Crippen LogP contribution in [0, 0.1) is 11.3 Å². The van der Waals surface area contributed by atoms with Crippen LogP contribution in [0.2, 0.25) is 0 Å². The maximum absolute atomic E-state index is 12.8. The summed E-state index contributed by atoms with van der Waals surface area (Å²) in [7, 11) is 0. The van der Waals surface area contributed by atoms with E-state index in [0.29, 0.717) is 6.42 Å². The molecule has 2 atom stereocenters. The van der Waals surface area contributed by atoms with E-state index in [1.165, 1.54) is 0 Å². The van der Waals surface area contributed by atoms with Crippen molar-refractivity contribution in [2.45, 2.75) is 18.1 Å². The van der Waals surface area contributed by atoms with E-state index < -0.39 is 11.6 Å². The van der Waals surface area contributed by atoms with Gasteiger partial charge in [-0.15, -0.1) is 0 Å². The minimum Gasteiger partial charge on any atom is -0.323 e. The first-order valence-corrected chi connectivity index (χ1v) is 7.08. The number of hydrogen-bond donors (Lipinski definition) is 1. The first-order chi connectivity index (χ1) is 10.8. The van der Waals surface area contributed by atoms with Gasteiger partial charge in [-0.1, -0.05) is 36.4 Å². The van der Waals surface area contributed by atoms with E-state index in [1.54, 1.807) is 5.06 Å². The van der Waals surface area contributed by atoms with Gasteiger partial charge in [0.15, 0.2) is 11.6 Å². The van der Waals surface area contributed by atoms with Gasteiger partial charge in [0.1, 0.15) is 0 Å². The molecule has 2 aliphatic rings. The third-order valence-corrected chi connectivity index (χ3v) is 4.19. The van der Waals surface area contributed by atoms with Crippen molar-refractivity contribution in [2.75, 3.05) is 10.4 Å². The number of benzene rings is 2. The van der Waals surface area contributed by atoms with Gasteiger partial charge < -0.3 is 5.32 Å². The van der Waals surface area contributed by atoms with E-state index in [-0.39, 0.29) is 5.91 Å². The van der Waals surface area contributed by atoms with E-state index in [9.17, 15) is 10.1 Å². The fraction of sp³-hybridized carbons (Fsp3) is 0.176. The summed E-state index contributed by atoms with van der Waals surface area (Å²) in [6.45, 7) is 0. The number of carbonyl (C=O) groups is 1. The Morgan fingerprint density at radius 3 is 2.68 bits per heavy atom. The number of para-hydroxylation sites is 2. The van der Waals surface area contributed by atoms with Gasteiger partial charge in [0.05, 0.1) is 11.8 Å². The number of hydrogen-bond acceptors (Lipinski definition) is 4. The van der Waals surface area contributed by atoms with Crippen LogP contribution in [0.15, 0.2) is 54.6 Å². The number of nitriles is 1. The summed E-state index contributed by atoms with van der Waals surface area (Å²) in [4.78, 5) is 18.5. The maximum Gasteiger partial charge on any atom is 0.257 e. The van der Waals surface area contributed by atoms with Gasteiger partial charge in [-0.2, -0.15) is 5.26 Å². The Kier molecular flexibility index (Phi) is 2.68. The monoisotopic (exact) mass is 291 g/mol. The van der Waals surface area contributed by atoms with Crippen molar-refractivity contribution in [1.29, 1.82) is 5.26 Å². The van der Waals surface area contributed by atoms with Crippen molar-refractivity contribution in [3.63, 3.8) is 0 Å². The summed E-state index contributed by atoms with van der Waals surface area (Å²) in [6.07, 6.45) is -0.349. The van der Waals surface area contributed by atoms with Gasteiger partial charge in [-0.25, -0.2) is 5.06 Å². The Labute approximate surface area is 127 Å². The minimum atomic E-state index is -0.988. The molecule has 0 bridgehead atoms. The van der Waals surface area contributed by atoms with Gasteiger partial charge in [0, 0.05) is 17.7 Å². The molecular weight excluding hydrogens is 278 g/mol. The van der Waals surface area contributed by atoms with Gasteiger partial charge in [-0.3, -0.25) is 9.63 Å². The van der Waals surface area contributed by atoms with Gasteiger partial charge in [0.2, 0.25) is 0 Å². The molecule has 2 aliphatic heterocycles. The van der Waals surface area contributed by atoms with Crippen molar-refractivity contribution in [3.8, 4) is 6.07 Å². The SMILES string of the molecule is N#CC1CC2(C(=O)Nc3ccccc32)N(c2ccccc2)O1. The molecule has 5 heteroatoms. The van der Waals surface area contributed by atoms with E-state index in [4.69, 9.17) is 4.84 Å². The lowest BCUT2D eigenvalue weighted by atomic mass is 9.86. The highest BCUT2D eigenvalue weighted by molar-refractivity contribution is 6.08. The molecule has 0 saturated carbocycles. The molecule has 108 valence electrons. The predicted molar refractivity (Wildman–Crippen MR) is 80.8 cm³/mol. The summed E-state index contributed by atoms with van der Waals surface area (Å²) in [6, 6.07) is 19.1. The zero-order valence-electron chi connectivity index (χ0n) is 11.7. The molecule has 22 heavy (non-hydrogen) atoms. The molecule has 1 N–H and O–H groups in total. The standard InChI is InChI=1S/C17H13N3O2/c18-11-13-10-17(20(22-13)12-6-2-1-3-7-12)14-8-4-5-9-15(14)19-16(17)21/h1-9,13H,10H2,(H,19,21). The van der Waals surface area contributed by atoms with Crippen LogP contribution in [0.1, 0.15) is 12.0 Å². The zero-order chi connectivity index (χ0) is 15.2. The number of hydroxylamine groups is 1. The average molecular weight is 291 g/mol. The highest BCUT2D eigenvalue weighted by atomic mass is 16.7. The van der Waals surface area contributed by atoms with Crippen molar-refractivity contribution < 1.29 is 9.63 Å². The molecule has 2 aromatic carbocycles. The van der Waals surface area contributed by atoms with Crippen LogP contribution in [0.4, 0.5) is 11.4 Å². The Morgan fingerprint density at radius 1 is 1.18 bits per heavy atom. The van der Waals surface area contributed by atoms with Crippen LogP contribution < -0.4 is 10.4 Å². The first-order valence-electron chi connectivity index (χ1n) is 7.08. The largest absolute Gasteiger partial charge is 0.323 e. The van der Waals surface area contributed by atoms with E-state index in [2.05, 4.69) is 11.4 Å². The molecule has 2 heterocycles. The third kappa shape index (κ3) is 1.59. The maximum atomic E-state index is 12.8. The molecule has 2 aromatic rings. The molecule has 0 radical (unpaired) electrons. The van der Waals surface area contributed by atoms with Crippen LogP contribution in [0.25, 0.3) is 0 Å². The van der Waals surface area contributed by atoms with Gasteiger partial charge in [-0.05, 0) is 18.2 Å². The second-order valence-corrected chi connectivity index (χ2v) is 5.42. The van der Waals surface area contributed by atoms with Crippen LogP contribution in [0.5, 0.6) is 0 Å². The summed E-state index contributed by atoms with van der Waals surface area (Å²) in [5.41, 5.74) is 1.39. The first kappa shape index (κ1) is 12.9. The normalized spacial score (nSPS) is 25.9.